The Balaban J connectivity index is 2.14. The van der Waals surface area contributed by atoms with E-state index in [-0.39, 0.29) is 5.56 Å². The third-order valence-electron chi connectivity index (χ3n) is 3.66. The predicted octanol–water partition coefficient (Wildman–Crippen LogP) is 2.62. The maximum atomic E-state index is 11.4. The minimum absolute atomic E-state index is 0.0341. The van der Waals surface area contributed by atoms with E-state index in [1.165, 1.54) is 44.3 Å². The Bertz CT molecular complexity index is 424. The van der Waals surface area contributed by atoms with Crippen molar-refractivity contribution in [2.45, 2.75) is 45.6 Å². The minimum Gasteiger partial charge on any atom is -0.329 e. The summed E-state index contributed by atoms with van der Waals surface area (Å²) in [5.74, 6) is 0. The van der Waals surface area contributed by atoms with Gasteiger partial charge in [0, 0.05) is 17.8 Å². The highest BCUT2D eigenvalue weighted by Crippen LogP contribution is 2.31. The molecule has 0 unspecified atom stereocenters. The molecule has 3 heteroatoms. The zero-order valence-electron chi connectivity index (χ0n) is 10.8. The molecule has 0 amide bonds. The van der Waals surface area contributed by atoms with Gasteiger partial charge in [-0.1, -0.05) is 13.3 Å². The molecule has 0 radical (unpaired) electrons. The number of aromatic amines is 1. The van der Waals surface area contributed by atoms with Crippen molar-refractivity contribution in [1.82, 2.24) is 9.88 Å². The van der Waals surface area contributed by atoms with Crippen LogP contribution < -0.4 is 5.56 Å². The maximum Gasteiger partial charge on any atom is 0.250 e. The zero-order chi connectivity index (χ0) is 12.3. The molecule has 0 spiro atoms. The molecule has 0 aromatic carbocycles. The van der Waals surface area contributed by atoms with Gasteiger partial charge in [-0.25, -0.2) is 0 Å². The summed E-state index contributed by atoms with van der Waals surface area (Å²) in [7, 11) is 0. The number of aromatic nitrogens is 1. The molecule has 0 aliphatic carbocycles. The number of nitrogens with zero attached hydrogens (tertiary/aromatic N) is 1. The van der Waals surface area contributed by atoms with E-state index in [1.54, 1.807) is 0 Å². The van der Waals surface area contributed by atoms with Crippen molar-refractivity contribution in [1.29, 1.82) is 0 Å². The topological polar surface area (TPSA) is 36.1 Å². The Morgan fingerprint density at radius 2 is 2.35 bits per heavy atom. The minimum atomic E-state index is 0.0341. The van der Waals surface area contributed by atoms with Crippen molar-refractivity contribution in [3.8, 4) is 0 Å². The third kappa shape index (κ3) is 2.78. The number of pyridine rings is 1. The number of H-pyrrole nitrogens is 1. The van der Waals surface area contributed by atoms with Gasteiger partial charge in [0.25, 0.3) is 5.56 Å². The van der Waals surface area contributed by atoms with Crippen LogP contribution in [0.5, 0.6) is 0 Å². The molecule has 1 aliphatic rings. The van der Waals surface area contributed by atoms with Crippen molar-refractivity contribution in [2.24, 2.45) is 0 Å². The van der Waals surface area contributed by atoms with Gasteiger partial charge in [0.2, 0.25) is 0 Å². The molecule has 0 bridgehead atoms. The van der Waals surface area contributed by atoms with Gasteiger partial charge < -0.3 is 4.98 Å². The highest BCUT2D eigenvalue weighted by atomic mass is 16.1. The first-order valence-corrected chi connectivity index (χ1v) is 6.65. The molecule has 17 heavy (non-hydrogen) atoms. The number of hydrogen-bond donors (Lipinski definition) is 1. The number of nitrogens with one attached hydrogen (secondary N) is 1. The smallest absolute Gasteiger partial charge is 0.250 e. The number of aryl methyl sites for hydroxylation is 1. The van der Waals surface area contributed by atoms with E-state index < -0.39 is 0 Å². The van der Waals surface area contributed by atoms with Crippen molar-refractivity contribution in [2.75, 3.05) is 13.1 Å². The molecule has 1 aromatic rings. The first-order chi connectivity index (χ1) is 8.22. The summed E-state index contributed by atoms with van der Waals surface area (Å²) in [4.78, 5) is 16.8. The van der Waals surface area contributed by atoms with E-state index in [9.17, 15) is 4.79 Å². The standard InChI is InChI=1S/C14H22N2O/c1-3-4-7-16-8-5-6-13(16)12-9-11(2)14(17)15-10-12/h9-10,13H,3-8H2,1-2H3,(H,15,17)/t13-/m1/s1. The van der Waals surface area contributed by atoms with Crippen LogP contribution in [0.15, 0.2) is 17.1 Å². The normalized spacial score (nSPS) is 20.9. The van der Waals surface area contributed by atoms with Crippen molar-refractivity contribution in [3.05, 3.63) is 33.7 Å². The molecule has 1 aromatic heterocycles. The van der Waals surface area contributed by atoms with Gasteiger partial charge in [0.1, 0.15) is 0 Å². The average Bonchev–Trinajstić information content (AvgIpc) is 2.78. The molecule has 1 atom stereocenters. The number of likely N-dealkylation sites (tertiary alicyclic amines) is 1. The molecular weight excluding hydrogens is 212 g/mol. The van der Waals surface area contributed by atoms with E-state index in [2.05, 4.69) is 16.8 Å². The second-order valence-corrected chi connectivity index (χ2v) is 4.99. The largest absolute Gasteiger partial charge is 0.329 e. The van der Waals surface area contributed by atoms with Gasteiger partial charge in [-0.05, 0) is 50.9 Å². The Kier molecular flexibility index (Phi) is 4.00. The van der Waals surface area contributed by atoms with E-state index in [1.807, 2.05) is 19.2 Å². The summed E-state index contributed by atoms with van der Waals surface area (Å²) < 4.78 is 0. The molecule has 1 N–H and O–H groups in total. The quantitative estimate of drug-likeness (QED) is 0.869. The molecule has 3 nitrogen and oxygen atoms in total. The SMILES string of the molecule is CCCCN1CCC[C@@H]1c1c[nH]c(=O)c(C)c1. The van der Waals surface area contributed by atoms with Crippen molar-refractivity contribution in [3.63, 3.8) is 0 Å². The monoisotopic (exact) mass is 234 g/mol. The summed E-state index contributed by atoms with van der Waals surface area (Å²) in [5, 5.41) is 0. The van der Waals surface area contributed by atoms with Crippen molar-refractivity contribution >= 4 is 0 Å². The van der Waals surface area contributed by atoms with Crippen molar-refractivity contribution < 1.29 is 0 Å². The van der Waals surface area contributed by atoms with Crippen LogP contribution in [0, 0.1) is 6.92 Å². The Labute approximate surface area is 103 Å². The number of hydrogen-bond acceptors (Lipinski definition) is 2. The van der Waals surface area contributed by atoms with Gasteiger partial charge in [-0.2, -0.15) is 0 Å². The lowest BCUT2D eigenvalue weighted by molar-refractivity contribution is 0.253. The van der Waals surface area contributed by atoms with E-state index in [4.69, 9.17) is 0 Å². The summed E-state index contributed by atoms with van der Waals surface area (Å²) in [6.07, 6.45) is 6.89. The number of unbranched alkanes of at least 4 members (excludes halogenated alkanes) is 1. The highest BCUT2D eigenvalue weighted by molar-refractivity contribution is 5.21. The number of rotatable bonds is 4. The molecule has 1 fully saturated rings. The molecule has 2 heterocycles. The van der Waals surface area contributed by atoms with E-state index in [0.717, 1.165) is 5.56 Å². The van der Waals surface area contributed by atoms with Crippen LogP contribution in [0.1, 0.15) is 49.8 Å². The fourth-order valence-electron chi connectivity index (χ4n) is 2.64. The lowest BCUT2D eigenvalue weighted by Gasteiger charge is -2.24. The lowest BCUT2D eigenvalue weighted by atomic mass is 10.0. The summed E-state index contributed by atoms with van der Waals surface area (Å²) in [6.45, 7) is 6.49. The third-order valence-corrected chi connectivity index (χ3v) is 3.66. The lowest BCUT2D eigenvalue weighted by Crippen LogP contribution is -2.25. The van der Waals surface area contributed by atoms with Crippen LogP contribution in [0.4, 0.5) is 0 Å². The van der Waals surface area contributed by atoms with Crippen LogP contribution in [0.25, 0.3) is 0 Å². The fourth-order valence-corrected chi connectivity index (χ4v) is 2.64. The van der Waals surface area contributed by atoms with Crippen LogP contribution in [-0.4, -0.2) is 23.0 Å². The second kappa shape index (κ2) is 5.50. The molecule has 1 aliphatic heterocycles. The molecule has 0 saturated carbocycles. The van der Waals surface area contributed by atoms with Crippen LogP contribution in [0.3, 0.4) is 0 Å². The first kappa shape index (κ1) is 12.4. The summed E-state index contributed by atoms with van der Waals surface area (Å²) in [5.41, 5.74) is 2.13. The van der Waals surface area contributed by atoms with Crippen LogP contribution in [-0.2, 0) is 0 Å². The van der Waals surface area contributed by atoms with Gasteiger partial charge in [-0.15, -0.1) is 0 Å². The molecular formula is C14H22N2O. The molecule has 1 saturated heterocycles. The maximum absolute atomic E-state index is 11.4. The van der Waals surface area contributed by atoms with Crippen LogP contribution >= 0.6 is 0 Å². The first-order valence-electron chi connectivity index (χ1n) is 6.65. The average molecular weight is 234 g/mol. The Hall–Kier alpha value is -1.09. The second-order valence-electron chi connectivity index (χ2n) is 4.99. The predicted molar refractivity (Wildman–Crippen MR) is 70.3 cm³/mol. The van der Waals surface area contributed by atoms with Gasteiger partial charge in [0.05, 0.1) is 0 Å². The molecule has 2 rings (SSSR count). The van der Waals surface area contributed by atoms with Gasteiger partial charge in [-0.3, -0.25) is 9.69 Å². The summed E-state index contributed by atoms with van der Waals surface area (Å²) >= 11 is 0. The zero-order valence-corrected chi connectivity index (χ0v) is 10.8. The van der Waals surface area contributed by atoms with E-state index >= 15 is 0 Å². The summed E-state index contributed by atoms with van der Waals surface area (Å²) in [6, 6.07) is 2.56. The Morgan fingerprint density at radius 3 is 3.06 bits per heavy atom. The molecule has 94 valence electrons. The Morgan fingerprint density at radius 1 is 1.53 bits per heavy atom. The van der Waals surface area contributed by atoms with Gasteiger partial charge in [0.15, 0.2) is 0 Å². The van der Waals surface area contributed by atoms with Gasteiger partial charge >= 0.3 is 0 Å². The fraction of sp³-hybridized carbons (Fsp3) is 0.643. The van der Waals surface area contributed by atoms with E-state index in [0.29, 0.717) is 6.04 Å². The highest BCUT2D eigenvalue weighted by Gasteiger charge is 2.25. The van der Waals surface area contributed by atoms with Crippen LogP contribution in [0.2, 0.25) is 0 Å².